The lowest BCUT2D eigenvalue weighted by molar-refractivity contribution is 0.0315. The molecule has 2 atom stereocenters. The molecule has 4 heteroatoms. The third kappa shape index (κ3) is 4.72. The molecule has 0 amide bonds. The highest BCUT2D eigenvalue weighted by Gasteiger charge is 2.21. The third-order valence-corrected chi connectivity index (χ3v) is 3.20. The highest BCUT2D eigenvalue weighted by atomic mass is 16.5. The Morgan fingerprint density at radius 1 is 1.56 bits per heavy atom. The van der Waals surface area contributed by atoms with Gasteiger partial charge in [0.1, 0.15) is 0 Å². The van der Waals surface area contributed by atoms with Crippen LogP contribution in [0.5, 0.6) is 0 Å². The van der Waals surface area contributed by atoms with Gasteiger partial charge in [0.2, 0.25) is 0 Å². The van der Waals surface area contributed by atoms with Gasteiger partial charge in [-0.1, -0.05) is 6.07 Å². The summed E-state index contributed by atoms with van der Waals surface area (Å²) in [4.78, 5) is 4.08. The molecule has 2 N–H and O–H groups in total. The summed E-state index contributed by atoms with van der Waals surface area (Å²) in [5.41, 5.74) is 1.13. The van der Waals surface area contributed by atoms with E-state index in [1.54, 1.807) is 6.20 Å². The molecule has 4 nitrogen and oxygen atoms in total. The molecule has 18 heavy (non-hydrogen) atoms. The molecule has 0 saturated heterocycles. The van der Waals surface area contributed by atoms with Gasteiger partial charge in [0.25, 0.3) is 0 Å². The van der Waals surface area contributed by atoms with E-state index in [0.717, 1.165) is 18.1 Å². The maximum absolute atomic E-state index is 9.78. The third-order valence-electron chi connectivity index (χ3n) is 3.20. The smallest absolute Gasteiger partial charge is 0.0897 e. The van der Waals surface area contributed by atoms with E-state index in [4.69, 9.17) is 4.74 Å². The fourth-order valence-electron chi connectivity index (χ4n) is 1.78. The molecule has 0 bridgehead atoms. The van der Waals surface area contributed by atoms with Crippen LogP contribution >= 0.6 is 0 Å². The highest BCUT2D eigenvalue weighted by molar-refractivity contribution is 5.12. The van der Waals surface area contributed by atoms with Crippen molar-refractivity contribution in [2.45, 2.75) is 31.9 Å². The van der Waals surface area contributed by atoms with Crippen molar-refractivity contribution in [3.63, 3.8) is 0 Å². The van der Waals surface area contributed by atoms with Crippen LogP contribution in [-0.4, -0.2) is 36.0 Å². The highest BCUT2D eigenvalue weighted by Crippen LogP contribution is 2.28. The Bertz CT molecular complexity index is 341. The zero-order valence-electron chi connectivity index (χ0n) is 10.9. The van der Waals surface area contributed by atoms with Gasteiger partial charge in [-0.2, -0.15) is 0 Å². The molecule has 0 spiro atoms. The van der Waals surface area contributed by atoms with E-state index in [2.05, 4.69) is 17.2 Å². The summed E-state index contributed by atoms with van der Waals surface area (Å²) in [5.74, 6) is 0.750. The molecule has 0 aliphatic heterocycles. The van der Waals surface area contributed by atoms with Crippen molar-refractivity contribution in [2.24, 2.45) is 5.92 Å². The fourth-order valence-corrected chi connectivity index (χ4v) is 1.78. The summed E-state index contributed by atoms with van der Waals surface area (Å²) < 4.78 is 5.46. The molecule has 2 rings (SSSR count). The van der Waals surface area contributed by atoms with E-state index < -0.39 is 6.10 Å². The zero-order chi connectivity index (χ0) is 12.8. The molecule has 0 aromatic carbocycles. The van der Waals surface area contributed by atoms with Crippen LogP contribution in [0.1, 0.15) is 31.4 Å². The second-order valence-corrected chi connectivity index (χ2v) is 5.05. The van der Waals surface area contributed by atoms with Gasteiger partial charge >= 0.3 is 0 Å². The maximum Gasteiger partial charge on any atom is 0.0897 e. The van der Waals surface area contributed by atoms with Crippen molar-refractivity contribution < 1.29 is 9.84 Å². The second kappa shape index (κ2) is 6.83. The first-order valence-corrected chi connectivity index (χ1v) is 6.65. The molecule has 1 unspecified atom stereocenters. The number of aliphatic hydroxyl groups excluding tert-OH is 1. The minimum Gasteiger partial charge on any atom is -0.389 e. The monoisotopic (exact) mass is 250 g/mol. The zero-order valence-corrected chi connectivity index (χ0v) is 10.9. The van der Waals surface area contributed by atoms with E-state index in [-0.39, 0.29) is 6.04 Å². The Morgan fingerprint density at radius 2 is 2.39 bits per heavy atom. The number of hydrogen-bond acceptors (Lipinski definition) is 4. The summed E-state index contributed by atoms with van der Waals surface area (Å²) in [5, 5.41) is 13.1. The van der Waals surface area contributed by atoms with Crippen molar-refractivity contribution >= 4 is 0 Å². The van der Waals surface area contributed by atoms with Crippen LogP contribution in [0.2, 0.25) is 0 Å². The SMILES string of the molecule is C[C@H](NCC(O)COCC1CC1)c1cccnc1. The minimum atomic E-state index is -0.442. The molecule has 1 heterocycles. The summed E-state index contributed by atoms with van der Waals surface area (Å²) in [6.07, 6.45) is 5.73. The molecule has 1 aliphatic rings. The number of rotatable bonds is 8. The lowest BCUT2D eigenvalue weighted by atomic mass is 10.1. The van der Waals surface area contributed by atoms with Gasteiger partial charge in [-0.15, -0.1) is 0 Å². The lowest BCUT2D eigenvalue weighted by Gasteiger charge is -2.17. The van der Waals surface area contributed by atoms with Gasteiger partial charge in [-0.05, 0) is 37.3 Å². The van der Waals surface area contributed by atoms with Crippen molar-refractivity contribution in [3.05, 3.63) is 30.1 Å². The normalized spacial score (nSPS) is 18.6. The quantitative estimate of drug-likeness (QED) is 0.734. The Kier molecular flexibility index (Phi) is 5.11. The molecule has 1 saturated carbocycles. The summed E-state index contributed by atoms with van der Waals surface area (Å²) in [6, 6.07) is 4.14. The predicted octanol–water partition coefficient (Wildman–Crippen LogP) is 1.52. The van der Waals surface area contributed by atoms with Gasteiger partial charge in [0.05, 0.1) is 12.7 Å². The molecule has 1 aliphatic carbocycles. The average Bonchev–Trinajstić information content (AvgIpc) is 3.21. The van der Waals surface area contributed by atoms with Gasteiger partial charge in [0.15, 0.2) is 0 Å². The summed E-state index contributed by atoms with van der Waals surface area (Å²) in [6.45, 7) is 3.83. The van der Waals surface area contributed by atoms with Gasteiger partial charge in [-0.25, -0.2) is 0 Å². The van der Waals surface area contributed by atoms with Crippen LogP contribution < -0.4 is 5.32 Å². The van der Waals surface area contributed by atoms with Crippen molar-refractivity contribution in [2.75, 3.05) is 19.8 Å². The Labute approximate surface area is 108 Å². The summed E-state index contributed by atoms with van der Waals surface area (Å²) >= 11 is 0. The Balaban J connectivity index is 1.60. The van der Waals surface area contributed by atoms with E-state index in [1.165, 1.54) is 12.8 Å². The lowest BCUT2D eigenvalue weighted by Crippen LogP contribution is -2.32. The topological polar surface area (TPSA) is 54.4 Å². The standard InChI is InChI=1S/C14H22N2O2/c1-11(13-3-2-6-15-7-13)16-8-14(17)10-18-9-12-4-5-12/h2-3,6-7,11-12,14,16-17H,4-5,8-10H2,1H3/t11-,14?/m0/s1. The van der Waals surface area contributed by atoms with Crippen LogP contribution in [0.25, 0.3) is 0 Å². The number of nitrogens with one attached hydrogen (secondary N) is 1. The predicted molar refractivity (Wildman–Crippen MR) is 70.2 cm³/mol. The largest absolute Gasteiger partial charge is 0.389 e. The molecule has 0 radical (unpaired) electrons. The molecular weight excluding hydrogens is 228 g/mol. The van der Waals surface area contributed by atoms with Crippen molar-refractivity contribution in [1.29, 1.82) is 0 Å². The number of hydrogen-bond donors (Lipinski definition) is 2. The van der Waals surface area contributed by atoms with Gasteiger partial charge in [0, 0.05) is 31.6 Å². The molecular formula is C14H22N2O2. The fraction of sp³-hybridized carbons (Fsp3) is 0.643. The van der Waals surface area contributed by atoms with Crippen LogP contribution in [0, 0.1) is 5.92 Å². The summed E-state index contributed by atoms with van der Waals surface area (Å²) in [7, 11) is 0. The Morgan fingerprint density at radius 3 is 3.06 bits per heavy atom. The number of ether oxygens (including phenoxy) is 1. The number of pyridine rings is 1. The van der Waals surface area contributed by atoms with Crippen LogP contribution in [0.15, 0.2) is 24.5 Å². The minimum absolute atomic E-state index is 0.191. The van der Waals surface area contributed by atoms with Crippen LogP contribution in [-0.2, 0) is 4.74 Å². The molecule has 1 fully saturated rings. The van der Waals surface area contributed by atoms with Crippen LogP contribution in [0.3, 0.4) is 0 Å². The van der Waals surface area contributed by atoms with E-state index in [1.807, 2.05) is 18.3 Å². The van der Waals surface area contributed by atoms with E-state index in [0.29, 0.717) is 13.2 Å². The first kappa shape index (κ1) is 13.5. The first-order valence-electron chi connectivity index (χ1n) is 6.65. The molecule has 1 aromatic rings. The molecule has 1 aromatic heterocycles. The number of nitrogens with zero attached hydrogens (tertiary/aromatic N) is 1. The number of aliphatic hydroxyl groups is 1. The number of aromatic nitrogens is 1. The average molecular weight is 250 g/mol. The van der Waals surface area contributed by atoms with Crippen molar-refractivity contribution in [3.8, 4) is 0 Å². The van der Waals surface area contributed by atoms with Crippen LogP contribution in [0.4, 0.5) is 0 Å². The van der Waals surface area contributed by atoms with E-state index in [9.17, 15) is 5.11 Å². The van der Waals surface area contributed by atoms with Crippen molar-refractivity contribution in [1.82, 2.24) is 10.3 Å². The maximum atomic E-state index is 9.78. The second-order valence-electron chi connectivity index (χ2n) is 5.05. The van der Waals surface area contributed by atoms with Gasteiger partial charge < -0.3 is 15.2 Å². The Hall–Kier alpha value is -0.970. The van der Waals surface area contributed by atoms with Gasteiger partial charge in [-0.3, -0.25) is 4.98 Å². The molecule has 100 valence electrons. The van der Waals surface area contributed by atoms with E-state index >= 15 is 0 Å². The first-order chi connectivity index (χ1) is 8.75.